The maximum absolute atomic E-state index is 4.20. The van der Waals surface area contributed by atoms with Gasteiger partial charge in [0, 0.05) is 31.0 Å². The molecule has 0 saturated heterocycles. The Morgan fingerprint density at radius 2 is 1.09 bits per heavy atom. The summed E-state index contributed by atoms with van der Waals surface area (Å²) in [5.74, 6) is 0. The van der Waals surface area contributed by atoms with Gasteiger partial charge in [-0.15, -0.1) is 11.3 Å². The van der Waals surface area contributed by atoms with Crippen LogP contribution in [0.15, 0.2) is 206 Å². The molecule has 11 rings (SSSR count). The fourth-order valence-electron chi connectivity index (χ4n) is 11.3. The van der Waals surface area contributed by atoms with Crippen LogP contribution in [0.4, 0.5) is 0 Å². The van der Waals surface area contributed by atoms with Crippen molar-refractivity contribution in [3.63, 3.8) is 0 Å². The number of fused-ring (bicyclic) bond motifs is 12. The zero-order valence-corrected chi connectivity index (χ0v) is 39.0. The largest absolute Gasteiger partial charge is 0.135 e. The topological polar surface area (TPSA) is 0 Å². The van der Waals surface area contributed by atoms with Crippen molar-refractivity contribution < 1.29 is 0 Å². The third-order valence-corrected chi connectivity index (χ3v) is 15.7. The van der Waals surface area contributed by atoms with Gasteiger partial charge in [-0.2, -0.15) is 0 Å². The van der Waals surface area contributed by atoms with Gasteiger partial charge in [0.05, 0.1) is 0 Å². The van der Waals surface area contributed by atoms with E-state index in [0.29, 0.717) is 0 Å². The first-order valence-electron chi connectivity index (χ1n) is 22.9. The number of allylic oxidation sites excluding steroid dienone is 10. The van der Waals surface area contributed by atoms with Crippen molar-refractivity contribution in [2.75, 3.05) is 0 Å². The van der Waals surface area contributed by atoms with Gasteiger partial charge < -0.3 is 0 Å². The molecule has 2 aliphatic carbocycles. The van der Waals surface area contributed by atoms with Crippen LogP contribution >= 0.6 is 11.3 Å². The van der Waals surface area contributed by atoms with Crippen molar-refractivity contribution in [1.82, 2.24) is 0 Å². The lowest BCUT2D eigenvalue weighted by Gasteiger charge is -2.24. The van der Waals surface area contributed by atoms with E-state index in [9.17, 15) is 0 Å². The van der Waals surface area contributed by atoms with E-state index in [2.05, 4.69) is 225 Å². The van der Waals surface area contributed by atoms with E-state index in [0.717, 1.165) is 22.3 Å². The molecule has 1 heterocycles. The molecule has 0 fully saturated rings. The molecule has 1 heteroatoms. The molecule has 0 amide bonds. The van der Waals surface area contributed by atoms with Crippen molar-refractivity contribution in [3.05, 3.63) is 240 Å². The highest BCUT2D eigenvalue weighted by Crippen LogP contribution is 2.55. The van der Waals surface area contributed by atoms with Gasteiger partial charge in [-0.25, -0.2) is 0 Å². The van der Waals surface area contributed by atoms with Crippen LogP contribution in [-0.2, 0) is 10.8 Å². The summed E-state index contributed by atoms with van der Waals surface area (Å²) in [5.41, 5.74) is 20.0. The van der Waals surface area contributed by atoms with Crippen LogP contribution in [0.25, 0.3) is 86.2 Å². The lowest BCUT2D eigenvalue weighted by atomic mass is 9.80. The Hall–Kier alpha value is -7.06. The summed E-state index contributed by atoms with van der Waals surface area (Å²) in [6.45, 7) is 22.2. The van der Waals surface area contributed by atoms with E-state index >= 15 is 0 Å². The Balaban J connectivity index is 0.971. The first-order chi connectivity index (χ1) is 31.6. The Kier molecular flexibility index (Phi) is 9.58. The normalized spacial score (nSPS) is 15.4. The number of rotatable bonds is 8. The highest BCUT2D eigenvalue weighted by Gasteiger charge is 2.38. The van der Waals surface area contributed by atoms with Gasteiger partial charge in [0.2, 0.25) is 0 Å². The molecule has 65 heavy (non-hydrogen) atoms. The number of hydrogen-bond donors (Lipinski definition) is 0. The highest BCUT2D eigenvalue weighted by atomic mass is 32.1. The van der Waals surface area contributed by atoms with Gasteiger partial charge in [0.1, 0.15) is 0 Å². The van der Waals surface area contributed by atoms with Crippen LogP contribution in [-0.4, -0.2) is 0 Å². The smallest absolute Gasteiger partial charge is 0.0361 e. The summed E-state index contributed by atoms with van der Waals surface area (Å²) >= 11 is 1.89. The van der Waals surface area contributed by atoms with Crippen molar-refractivity contribution in [2.24, 2.45) is 0 Å². The molecule has 2 aliphatic rings. The Morgan fingerprint density at radius 1 is 0.462 bits per heavy atom. The molecule has 0 atom stereocenters. The first-order valence-corrected chi connectivity index (χ1v) is 23.7. The number of benzene rings is 8. The van der Waals surface area contributed by atoms with Gasteiger partial charge in [-0.1, -0.05) is 187 Å². The first kappa shape index (κ1) is 40.7. The van der Waals surface area contributed by atoms with Crippen molar-refractivity contribution in [3.8, 4) is 33.4 Å². The zero-order chi connectivity index (χ0) is 44.8. The fourth-order valence-corrected chi connectivity index (χ4v) is 12.5. The molecule has 0 N–H and O–H groups in total. The van der Waals surface area contributed by atoms with Gasteiger partial charge >= 0.3 is 0 Å². The summed E-state index contributed by atoms with van der Waals surface area (Å²) in [7, 11) is 0. The Bertz CT molecular complexity index is 3640. The number of thiophene rings is 1. The van der Waals surface area contributed by atoms with E-state index in [1.54, 1.807) is 0 Å². The average Bonchev–Trinajstić information content (AvgIpc) is 3.89. The van der Waals surface area contributed by atoms with Gasteiger partial charge in [0.25, 0.3) is 0 Å². The minimum atomic E-state index is -0.171. The van der Waals surface area contributed by atoms with Crippen LogP contribution in [0.5, 0.6) is 0 Å². The molecular weight excluding hydrogens is 801 g/mol. The molecule has 0 spiro atoms. The summed E-state index contributed by atoms with van der Waals surface area (Å²) in [6.07, 6.45) is 12.6. The molecule has 9 aromatic rings. The lowest BCUT2D eigenvalue weighted by molar-refractivity contribution is 0.659. The average molecular weight is 853 g/mol. The molecule has 1 aromatic heterocycles. The molecule has 0 aliphatic heterocycles. The molecule has 0 bridgehead atoms. The lowest BCUT2D eigenvalue weighted by Crippen LogP contribution is -2.15. The summed E-state index contributed by atoms with van der Waals surface area (Å²) < 4.78 is 2.70. The second-order valence-electron chi connectivity index (χ2n) is 18.8. The predicted octanol–water partition coefficient (Wildman–Crippen LogP) is 18.4. The minimum Gasteiger partial charge on any atom is -0.135 e. The van der Waals surface area contributed by atoms with Crippen molar-refractivity contribution in [2.45, 2.75) is 52.4 Å². The van der Waals surface area contributed by atoms with Crippen LogP contribution in [0.1, 0.15) is 74.9 Å². The van der Waals surface area contributed by atoms with Crippen molar-refractivity contribution >= 4 is 64.2 Å². The molecule has 0 nitrogen and oxygen atoms in total. The zero-order valence-electron chi connectivity index (χ0n) is 38.1. The summed E-state index contributed by atoms with van der Waals surface area (Å²) in [5, 5.41) is 7.80. The fraction of sp³-hybridized carbons (Fsp3) is 0.125. The maximum Gasteiger partial charge on any atom is 0.0361 e. The quantitative estimate of drug-likeness (QED) is 0.134. The second kappa shape index (κ2) is 15.3. The van der Waals surface area contributed by atoms with E-state index in [1.165, 1.54) is 108 Å². The molecular formula is C64H52S. The van der Waals surface area contributed by atoms with Crippen LogP contribution in [0.2, 0.25) is 0 Å². The van der Waals surface area contributed by atoms with E-state index in [4.69, 9.17) is 0 Å². The van der Waals surface area contributed by atoms with Crippen LogP contribution < -0.4 is 0 Å². The monoisotopic (exact) mass is 852 g/mol. The Morgan fingerprint density at radius 3 is 1.85 bits per heavy atom. The molecule has 8 aromatic carbocycles. The third-order valence-electron chi connectivity index (χ3n) is 14.6. The molecule has 0 radical (unpaired) electrons. The summed E-state index contributed by atoms with van der Waals surface area (Å²) in [4.78, 5) is 0. The SMILES string of the molecule is C=C/C=C(/C(=CC)C(=C\C)/C(=C/C=C)c1ccc2c(c1)-c1ccc(-c3ccc4c(c3)C(C)(C)c3ccc5cc6sc7ccccc7c6cc5c3-4)cc1C2(C)C)c1cccc2ccccc12. The van der Waals surface area contributed by atoms with E-state index in [1.807, 2.05) is 23.5 Å². The van der Waals surface area contributed by atoms with Gasteiger partial charge in [0.15, 0.2) is 0 Å². The molecule has 0 unspecified atom stereocenters. The van der Waals surface area contributed by atoms with Crippen LogP contribution in [0.3, 0.4) is 0 Å². The van der Waals surface area contributed by atoms with E-state index < -0.39 is 0 Å². The van der Waals surface area contributed by atoms with Gasteiger partial charge in [-0.05, 0) is 161 Å². The highest BCUT2D eigenvalue weighted by molar-refractivity contribution is 7.25. The van der Waals surface area contributed by atoms with Gasteiger partial charge in [-0.3, -0.25) is 0 Å². The minimum absolute atomic E-state index is 0.129. The molecule has 0 saturated carbocycles. The standard InChI is InChI=1S/C64H52S/c1-9-18-46(44(11-3)45(12-4)48(19-10-2)49-24-17-21-39-20-13-14-22-47(39)49)42-28-32-56-54(34-42)50-30-26-40(35-58(50)63(56,5)6)41-27-31-52-59(36-41)64(7,8)57-33-29-43-37-61-55(38-53(43)62(52)57)51-23-15-16-25-60(51)65-61/h9-38H,1-2H2,3-8H3/b44-11+,45-12?,46-18+,48-19-. The number of hydrogen-bond acceptors (Lipinski definition) is 1. The predicted molar refractivity (Wildman–Crippen MR) is 285 cm³/mol. The van der Waals surface area contributed by atoms with E-state index in [-0.39, 0.29) is 10.8 Å². The Labute approximate surface area is 387 Å². The third kappa shape index (κ3) is 6.17. The van der Waals surface area contributed by atoms with Crippen molar-refractivity contribution in [1.29, 1.82) is 0 Å². The van der Waals surface area contributed by atoms with Crippen LogP contribution in [0, 0.1) is 0 Å². The second-order valence-corrected chi connectivity index (χ2v) is 19.8. The summed E-state index contributed by atoms with van der Waals surface area (Å²) in [6, 6.07) is 55.1. The molecule has 314 valence electrons. The maximum atomic E-state index is 4.20.